The quantitative estimate of drug-likeness (QED) is 0.776. The molecule has 2 aliphatic rings. The molecule has 1 fully saturated rings. The van der Waals surface area contributed by atoms with E-state index in [-0.39, 0.29) is 0 Å². The standard InChI is InChI=1S/C11H17N3/c1-2-14-11-9(4-3-7-12-11)10(13-14)8-5-6-8/h8,12H,2-7H2,1H3. The van der Waals surface area contributed by atoms with Crippen molar-refractivity contribution < 1.29 is 0 Å². The molecule has 1 saturated carbocycles. The SMILES string of the molecule is CCn1nc(C2CC2)c2c1NCCC2. The first-order chi connectivity index (χ1) is 6.90. The van der Waals surface area contributed by atoms with E-state index in [2.05, 4.69) is 16.9 Å². The lowest BCUT2D eigenvalue weighted by molar-refractivity contribution is 0.649. The van der Waals surface area contributed by atoms with Crippen molar-refractivity contribution in [1.29, 1.82) is 0 Å². The molecule has 1 aliphatic carbocycles. The molecule has 76 valence electrons. The summed E-state index contributed by atoms with van der Waals surface area (Å²) in [6, 6.07) is 0. The molecule has 0 aromatic carbocycles. The fraction of sp³-hybridized carbons (Fsp3) is 0.727. The fourth-order valence-corrected chi connectivity index (χ4v) is 2.35. The van der Waals surface area contributed by atoms with Gasteiger partial charge < -0.3 is 5.32 Å². The van der Waals surface area contributed by atoms with E-state index in [0.717, 1.165) is 19.0 Å². The highest BCUT2D eigenvalue weighted by molar-refractivity contribution is 5.51. The van der Waals surface area contributed by atoms with Gasteiger partial charge in [-0.1, -0.05) is 0 Å². The molecule has 1 aromatic rings. The highest BCUT2D eigenvalue weighted by Gasteiger charge is 2.32. The van der Waals surface area contributed by atoms with Gasteiger partial charge >= 0.3 is 0 Å². The van der Waals surface area contributed by atoms with Gasteiger partial charge in [-0.2, -0.15) is 5.10 Å². The van der Waals surface area contributed by atoms with E-state index in [4.69, 9.17) is 5.10 Å². The number of hydrogen-bond donors (Lipinski definition) is 1. The van der Waals surface area contributed by atoms with Crippen LogP contribution in [-0.4, -0.2) is 16.3 Å². The normalized spacial score (nSPS) is 20.4. The number of anilines is 1. The molecule has 0 atom stereocenters. The van der Waals surface area contributed by atoms with Gasteiger partial charge in [-0.05, 0) is 32.6 Å². The second-order valence-corrected chi connectivity index (χ2v) is 4.33. The first-order valence-electron chi connectivity index (χ1n) is 5.73. The predicted molar refractivity (Wildman–Crippen MR) is 56.7 cm³/mol. The van der Waals surface area contributed by atoms with E-state index in [1.807, 2.05) is 0 Å². The van der Waals surface area contributed by atoms with Crippen molar-refractivity contribution in [2.24, 2.45) is 0 Å². The van der Waals surface area contributed by atoms with Crippen LogP contribution in [0, 0.1) is 0 Å². The Kier molecular flexibility index (Phi) is 1.79. The van der Waals surface area contributed by atoms with Gasteiger partial charge in [0.05, 0.1) is 5.69 Å². The minimum atomic E-state index is 0.788. The second kappa shape index (κ2) is 3.01. The summed E-state index contributed by atoms with van der Waals surface area (Å²) in [7, 11) is 0. The average molecular weight is 191 g/mol. The minimum absolute atomic E-state index is 0.788. The first kappa shape index (κ1) is 8.33. The molecule has 1 aromatic heterocycles. The third-order valence-corrected chi connectivity index (χ3v) is 3.24. The van der Waals surface area contributed by atoms with Crippen LogP contribution in [0.15, 0.2) is 0 Å². The molecular weight excluding hydrogens is 174 g/mol. The lowest BCUT2D eigenvalue weighted by atomic mass is 10.0. The third kappa shape index (κ3) is 1.15. The minimum Gasteiger partial charge on any atom is -0.370 e. The lowest BCUT2D eigenvalue weighted by Gasteiger charge is -2.15. The summed E-state index contributed by atoms with van der Waals surface area (Å²) in [5, 5.41) is 8.21. The second-order valence-electron chi connectivity index (χ2n) is 4.33. The van der Waals surface area contributed by atoms with Gasteiger partial charge in [0.15, 0.2) is 0 Å². The van der Waals surface area contributed by atoms with Gasteiger partial charge in [0.2, 0.25) is 0 Å². The van der Waals surface area contributed by atoms with Crippen LogP contribution in [0.4, 0.5) is 5.82 Å². The van der Waals surface area contributed by atoms with Crippen LogP contribution in [0.2, 0.25) is 0 Å². The van der Waals surface area contributed by atoms with Crippen molar-refractivity contribution in [3.63, 3.8) is 0 Å². The molecule has 3 rings (SSSR count). The Labute approximate surface area is 84.5 Å². The zero-order valence-electron chi connectivity index (χ0n) is 8.71. The molecule has 2 heterocycles. The van der Waals surface area contributed by atoms with E-state index in [0.29, 0.717) is 0 Å². The van der Waals surface area contributed by atoms with Crippen molar-refractivity contribution >= 4 is 5.82 Å². The monoisotopic (exact) mass is 191 g/mol. The van der Waals surface area contributed by atoms with E-state index in [1.54, 1.807) is 0 Å². The number of fused-ring (bicyclic) bond motifs is 1. The molecule has 0 spiro atoms. The average Bonchev–Trinajstić information content (AvgIpc) is 3.00. The molecule has 3 nitrogen and oxygen atoms in total. The Balaban J connectivity index is 2.07. The molecule has 0 bridgehead atoms. The Hall–Kier alpha value is -0.990. The van der Waals surface area contributed by atoms with E-state index < -0.39 is 0 Å². The Morgan fingerprint density at radius 1 is 1.50 bits per heavy atom. The Morgan fingerprint density at radius 3 is 3.07 bits per heavy atom. The van der Waals surface area contributed by atoms with Gasteiger partial charge in [0.25, 0.3) is 0 Å². The first-order valence-corrected chi connectivity index (χ1v) is 5.73. The number of nitrogens with zero attached hydrogens (tertiary/aromatic N) is 2. The van der Waals surface area contributed by atoms with Crippen molar-refractivity contribution in [2.75, 3.05) is 11.9 Å². The van der Waals surface area contributed by atoms with Crippen LogP contribution in [-0.2, 0) is 13.0 Å². The van der Waals surface area contributed by atoms with Crippen LogP contribution >= 0.6 is 0 Å². The highest BCUT2D eigenvalue weighted by Crippen LogP contribution is 2.43. The highest BCUT2D eigenvalue weighted by atomic mass is 15.3. The molecule has 0 unspecified atom stereocenters. The maximum atomic E-state index is 4.73. The molecule has 3 heteroatoms. The number of aromatic nitrogens is 2. The maximum absolute atomic E-state index is 4.73. The summed E-state index contributed by atoms with van der Waals surface area (Å²) in [5.41, 5.74) is 2.91. The van der Waals surface area contributed by atoms with Crippen LogP contribution in [0.5, 0.6) is 0 Å². The zero-order chi connectivity index (χ0) is 9.54. The van der Waals surface area contributed by atoms with Gasteiger partial charge in [0.1, 0.15) is 5.82 Å². The van der Waals surface area contributed by atoms with Crippen molar-refractivity contribution in [3.05, 3.63) is 11.3 Å². The van der Waals surface area contributed by atoms with Crippen molar-refractivity contribution in [1.82, 2.24) is 9.78 Å². The maximum Gasteiger partial charge on any atom is 0.127 e. The van der Waals surface area contributed by atoms with Crippen LogP contribution in [0.3, 0.4) is 0 Å². The lowest BCUT2D eigenvalue weighted by Crippen LogP contribution is -2.14. The van der Waals surface area contributed by atoms with Crippen LogP contribution in [0.1, 0.15) is 43.4 Å². The summed E-state index contributed by atoms with van der Waals surface area (Å²) in [4.78, 5) is 0. The van der Waals surface area contributed by atoms with Gasteiger partial charge in [-0.25, -0.2) is 4.68 Å². The van der Waals surface area contributed by atoms with Crippen molar-refractivity contribution in [2.45, 2.75) is 45.1 Å². The summed E-state index contributed by atoms with van der Waals surface area (Å²) < 4.78 is 2.14. The predicted octanol–water partition coefficient (Wildman–Crippen LogP) is 2.14. The van der Waals surface area contributed by atoms with Gasteiger partial charge in [-0.15, -0.1) is 0 Å². The van der Waals surface area contributed by atoms with E-state index in [9.17, 15) is 0 Å². The third-order valence-electron chi connectivity index (χ3n) is 3.24. The van der Waals surface area contributed by atoms with Crippen LogP contribution in [0.25, 0.3) is 0 Å². The van der Waals surface area contributed by atoms with Crippen molar-refractivity contribution in [3.8, 4) is 0 Å². The molecule has 0 saturated heterocycles. The van der Waals surface area contributed by atoms with Gasteiger partial charge in [0, 0.05) is 24.6 Å². The smallest absolute Gasteiger partial charge is 0.127 e. The number of aryl methyl sites for hydroxylation is 1. The number of nitrogens with one attached hydrogen (secondary N) is 1. The van der Waals surface area contributed by atoms with Crippen LogP contribution < -0.4 is 5.32 Å². The summed E-state index contributed by atoms with van der Waals surface area (Å²) in [6.45, 7) is 4.27. The number of hydrogen-bond acceptors (Lipinski definition) is 2. The fourth-order valence-electron chi connectivity index (χ4n) is 2.35. The Bertz CT molecular complexity index is 350. The molecule has 1 aliphatic heterocycles. The number of rotatable bonds is 2. The topological polar surface area (TPSA) is 29.9 Å². The summed E-state index contributed by atoms with van der Waals surface area (Å²) in [5.74, 6) is 2.09. The van der Waals surface area contributed by atoms with Gasteiger partial charge in [-0.3, -0.25) is 0 Å². The van der Waals surface area contributed by atoms with E-state index >= 15 is 0 Å². The molecule has 0 radical (unpaired) electrons. The molecule has 1 N–H and O–H groups in total. The molecule has 0 amide bonds. The summed E-state index contributed by atoms with van der Waals surface area (Å²) >= 11 is 0. The summed E-state index contributed by atoms with van der Waals surface area (Å²) in [6.07, 6.45) is 5.20. The molecule has 14 heavy (non-hydrogen) atoms. The van der Waals surface area contributed by atoms with E-state index in [1.165, 1.54) is 42.8 Å². The molecular formula is C11H17N3. The Morgan fingerprint density at radius 2 is 2.36 bits per heavy atom. The largest absolute Gasteiger partial charge is 0.370 e. The zero-order valence-corrected chi connectivity index (χ0v) is 8.71.